The Morgan fingerprint density at radius 2 is 1.63 bits per heavy atom. The number of carboxylic acid groups (broad SMARTS) is 2. The quantitative estimate of drug-likeness (QED) is 0.142. The monoisotopic (exact) mass is 537 g/mol. The Labute approximate surface area is 217 Å². The van der Waals surface area contributed by atoms with Crippen LogP contribution >= 0.6 is 0 Å². The van der Waals surface area contributed by atoms with Crippen LogP contribution in [0.25, 0.3) is 0 Å². The van der Waals surface area contributed by atoms with E-state index in [2.05, 4.69) is 10.2 Å². The number of anilines is 1. The molecule has 0 aliphatic carbocycles. The number of aromatic nitrogens is 2. The molecule has 1 heterocycles. The van der Waals surface area contributed by atoms with Crippen molar-refractivity contribution in [3.63, 3.8) is 0 Å². The minimum atomic E-state index is -1.82. The molecule has 15 nitrogen and oxygen atoms in total. The summed E-state index contributed by atoms with van der Waals surface area (Å²) in [4.78, 5) is 65.6. The number of ether oxygens (including phenoxy) is 1. The summed E-state index contributed by atoms with van der Waals surface area (Å²) in [5.74, 6) is -3.56. The van der Waals surface area contributed by atoms with Crippen LogP contribution in [0.4, 0.5) is 11.5 Å². The molecular formula is C23H31N5O10. The van der Waals surface area contributed by atoms with E-state index >= 15 is 0 Å². The standard InChI is InChI=1S/C21H29N5O6.C2H2O4/c1-16(27)32-14-13-25(11-4-5-17-6-8-18(9-7-17)26(30)31)12-10-22-19-15-20(28)24(3)21(29)23(19)2;3-1(4)2(5)6/h6-9,15,22H,4-5,10-14H2,1-3H3;(H,3,4)(H,5,6). The molecule has 0 saturated heterocycles. The molecule has 2 rings (SSSR count). The Hall–Kier alpha value is -4.53. The SMILES string of the molecule is CC(=O)OCCN(CCCc1ccc([N+](=O)[O-])cc1)CCNc1cc(=O)n(C)c(=O)n1C.O=C(O)C(=O)O. The van der Waals surface area contributed by atoms with Gasteiger partial charge < -0.3 is 20.3 Å². The Morgan fingerprint density at radius 3 is 2.16 bits per heavy atom. The second-order valence-electron chi connectivity index (χ2n) is 8.01. The summed E-state index contributed by atoms with van der Waals surface area (Å²) < 4.78 is 7.46. The fraction of sp³-hybridized carbons (Fsp3) is 0.435. The van der Waals surface area contributed by atoms with Gasteiger partial charge in [0.15, 0.2) is 0 Å². The molecule has 1 aromatic carbocycles. The third kappa shape index (κ3) is 11.0. The highest BCUT2D eigenvalue weighted by atomic mass is 16.6. The van der Waals surface area contributed by atoms with Crippen molar-refractivity contribution in [3.05, 3.63) is 66.8 Å². The summed E-state index contributed by atoms with van der Waals surface area (Å²) in [5.41, 5.74) is 0.275. The van der Waals surface area contributed by atoms with Crippen molar-refractivity contribution in [3.8, 4) is 0 Å². The first-order chi connectivity index (χ1) is 17.8. The van der Waals surface area contributed by atoms with Crippen LogP contribution in [-0.2, 0) is 39.6 Å². The number of non-ortho nitro benzene ring substituents is 1. The zero-order chi connectivity index (χ0) is 28.8. The topological polar surface area (TPSA) is 203 Å². The van der Waals surface area contributed by atoms with Crippen LogP contribution in [0, 0.1) is 10.1 Å². The highest BCUT2D eigenvalue weighted by Crippen LogP contribution is 2.13. The zero-order valence-corrected chi connectivity index (χ0v) is 21.3. The summed E-state index contributed by atoms with van der Waals surface area (Å²) in [5, 5.41) is 28.7. The van der Waals surface area contributed by atoms with E-state index in [4.69, 9.17) is 24.5 Å². The smallest absolute Gasteiger partial charge is 0.414 e. The zero-order valence-electron chi connectivity index (χ0n) is 21.3. The second-order valence-corrected chi connectivity index (χ2v) is 8.01. The van der Waals surface area contributed by atoms with Crippen LogP contribution < -0.4 is 16.6 Å². The lowest BCUT2D eigenvalue weighted by Crippen LogP contribution is -2.38. The van der Waals surface area contributed by atoms with Gasteiger partial charge in [-0.25, -0.2) is 14.4 Å². The Balaban J connectivity index is 0.00000107. The first-order valence-corrected chi connectivity index (χ1v) is 11.4. The summed E-state index contributed by atoms with van der Waals surface area (Å²) in [6, 6.07) is 7.86. The molecule has 0 atom stereocenters. The number of esters is 1. The Kier molecular flexibility index (Phi) is 12.9. The summed E-state index contributed by atoms with van der Waals surface area (Å²) in [6.07, 6.45) is 1.56. The first kappa shape index (κ1) is 31.5. The van der Waals surface area contributed by atoms with Gasteiger partial charge in [-0.15, -0.1) is 0 Å². The van der Waals surface area contributed by atoms with E-state index in [1.54, 1.807) is 19.2 Å². The summed E-state index contributed by atoms with van der Waals surface area (Å²) >= 11 is 0. The molecule has 0 amide bonds. The predicted octanol–water partition coefficient (Wildman–Crippen LogP) is 0.0576. The van der Waals surface area contributed by atoms with Gasteiger partial charge in [0.05, 0.1) is 4.92 Å². The molecule has 38 heavy (non-hydrogen) atoms. The fourth-order valence-electron chi connectivity index (χ4n) is 3.19. The lowest BCUT2D eigenvalue weighted by molar-refractivity contribution is -0.384. The van der Waals surface area contributed by atoms with Crippen molar-refractivity contribution in [2.75, 3.05) is 38.1 Å². The largest absolute Gasteiger partial charge is 0.473 e. The molecule has 0 saturated carbocycles. The van der Waals surface area contributed by atoms with Gasteiger partial charge >= 0.3 is 23.6 Å². The maximum Gasteiger partial charge on any atom is 0.414 e. The third-order valence-corrected chi connectivity index (χ3v) is 5.24. The number of hydrogen-bond donors (Lipinski definition) is 3. The minimum absolute atomic E-state index is 0.0629. The normalized spacial score (nSPS) is 10.3. The predicted molar refractivity (Wildman–Crippen MR) is 135 cm³/mol. The molecule has 0 bridgehead atoms. The van der Waals surface area contributed by atoms with Gasteiger partial charge in [0.2, 0.25) is 0 Å². The van der Waals surface area contributed by atoms with Gasteiger partial charge in [-0.3, -0.25) is 33.7 Å². The summed E-state index contributed by atoms with van der Waals surface area (Å²) in [7, 11) is 3.02. The van der Waals surface area contributed by atoms with Crippen LogP contribution in [-0.4, -0.2) is 79.9 Å². The van der Waals surface area contributed by atoms with Crippen molar-refractivity contribution >= 4 is 29.4 Å². The van der Waals surface area contributed by atoms with E-state index in [0.29, 0.717) is 25.5 Å². The molecule has 0 radical (unpaired) electrons. The number of carbonyl (C=O) groups excluding carboxylic acids is 1. The van der Waals surface area contributed by atoms with Gasteiger partial charge in [-0.2, -0.15) is 0 Å². The number of nitrogens with one attached hydrogen (secondary N) is 1. The van der Waals surface area contributed by atoms with E-state index in [0.717, 1.165) is 29.5 Å². The van der Waals surface area contributed by atoms with Crippen LogP contribution in [0.15, 0.2) is 39.9 Å². The van der Waals surface area contributed by atoms with E-state index in [1.165, 1.54) is 36.7 Å². The highest BCUT2D eigenvalue weighted by Gasteiger charge is 2.10. The van der Waals surface area contributed by atoms with E-state index < -0.39 is 22.6 Å². The number of hydrogen-bond acceptors (Lipinski definition) is 10. The van der Waals surface area contributed by atoms with Gasteiger partial charge in [0, 0.05) is 58.9 Å². The average molecular weight is 538 g/mol. The van der Waals surface area contributed by atoms with Crippen molar-refractivity contribution < 1.29 is 34.3 Å². The number of nitro groups is 1. The van der Waals surface area contributed by atoms with Crippen molar-refractivity contribution in [1.82, 2.24) is 14.0 Å². The van der Waals surface area contributed by atoms with E-state index in [-0.39, 0.29) is 23.8 Å². The molecule has 15 heteroatoms. The number of carboxylic acids is 2. The van der Waals surface area contributed by atoms with Gasteiger partial charge in [0.1, 0.15) is 12.4 Å². The molecule has 0 spiro atoms. The molecule has 0 aliphatic heterocycles. The molecule has 0 fully saturated rings. The minimum Gasteiger partial charge on any atom is -0.473 e. The lowest BCUT2D eigenvalue weighted by Gasteiger charge is -2.23. The fourth-order valence-corrected chi connectivity index (χ4v) is 3.19. The highest BCUT2D eigenvalue weighted by molar-refractivity contribution is 6.27. The van der Waals surface area contributed by atoms with Crippen LogP contribution in [0.2, 0.25) is 0 Å². The van der Waals surface area contributed by atoms with Crippen molar-refractivity contribution in [2.24, 2.45) is 14.1 Å². The molecule has 0 unspecified atom stereocenters. The summed E-state index contributed by atoms with van der Waals surface area (Å²) in [6.45, 7) is 3.96. The van der Waals surface area contributed by atoms with Gasteiger partial charge in [-0.1, -0.05) is 12.1 Å². The van der Waals surface area contributed by atoms with Gasteiger partial charge in [-0.05, 0) is 24.9 Å². The number of nitrogens with zero attached hydrogens (tertiary/aromatic N) is 4. The second kappa shape index (κ2) is 15.6. The van der Waals surface area contributed by atoms with E-state index in [1.807, 2.05) is 0 Å². The van der Waals surface area contributed by atoms with Crippen LogP contribution in [0.3, 0.4) is 0 Å². The average Bonchev–Trinajstić information content (AvgIpc) is 2.85. The Morgan fingerprint density at radius 1 is 1.03 bits per heavy atom. The van der Waals surface area contributed by atoms with Gasteiger partial charge in [0.25, 0.3) is 11.2 Å². The number of rotatable bonds is 12. The number of carbonyl (C=O) groups is 3. The van der Waals surface area contributed by atoms with E-state index in [9.17, 15) is 24.5 Å². The maximum absolute atomic E-state index is 12.0. The number of aryl methyl sites for hydroxylation is 1. The molecule has 0 aliphatic rings. The van der Waals surface area contributed by atoms with Crippen molar-refractivity contribution in [2.45, 2.75) is 19.8 Å². The number of nitro benzene ring substituents is 1. The molecule has 3 N–H and O–H groups in total. The molecule has 2 aromatic rings. The molecular weight excluding hydrogens is 506 g/mol. The molecule has 208 valence electrons. The number of aliphatic carboxylic acids is 2. The lowest BCUT2D eigenvalue weighted by atomic mass is 10.1. The Bertz CT molecular complexity index is 1220. The first-order valence-electron chi connectivity index (χ1n) is 11.4. The number of benzene rings is 1. The van der Waals surface area contributed by atoms with Crippen LogP contribution in [0.1, 0.15) is 18.9 Å². The third-order valence-electron chi connectivity index (χ3n) is 5.24. The maximum atomic E-state index is 12.0. The van der Waals surface area contributed by atoms with Crippen LogP contribution in [0.5, 0.6) is 0 Å². The molecule has 1 aromatic heterocycles. The van der Waals surface area contributed by atoms with Crippen molar-refractivity contribution in [1.29, 1.82) is 0 Å².